The van der Waals surface area contributed by atoms with E-state index in [-0.39, 0.29) is 11.4 Å². The quantitative estimate of drug-likeness (QED) is 0.644. The lowest BCUT2D eigenvalue weighted by atomic mass is 9.98. The summed E-state index contributed by atoms with van der Waals surface area (Å²) in [6.45, 7) is 0. The Bertz CT molecular complexity index is 618. The minimum Gasteiger partial charge on any atom is -0.502 e. The fourth-order valence-corrected chi connectivity index (χ4v) is 2.28. The molecule has 0 bridgehead atoms. The summed E-state index contributed by atoms with van der Waals surface area (Å²) < 4.78 is 0. The van der Waals surface area contributed by atoms with Gasteiger partial charge in [0.05, 0.1) is 4.92 Å². The van der Waals surface area contributed by atoms with E-state index in [1.54, 1.807) is 6.07 Å². The average molecular weight is 286 g/mol. The normalized spacial score (nSPS) is 18.0. The Hall–Kier alpha value is -2.40. The molecular weight excluding hydrogens is 268 g/mol. The van der Waals surface area contributed by atoms with Crippen LogP contribution in [-0.2, 0) is 6.42 Å². The van der Waals surface area contributed by atoms with Crippen molar-refractivity contribution in [2.24, 2.45) is 0 Å². The minimum atomic E-state index is -0.592. The number of allylic oxidation sites excluding steroid dienone is 3. The van der Waals surface area contributed by atoms with Crippen LogP contribution < -0.4 is 5.32 Å². The molecule has 0 saturated carbocycles. The van der Waals surface area contributed by atoms with Crippen molar-refractivity contribution in [3.8, 4) is 5.75 Å². The first-order chi connectivity index (χ1) is 10.1. The molecule has 5 nitrogen and oxygen atoms in total. The summed E-state index contributed by atoms with van der Waals surface area (Å²) in [5.41, 5.74) is 1.77. The summed E-state index contributed by atoms with van der Waals surface area (Å²) >= 11 is 0. The predicted octanol–water partition coefficient (Wildman–Crippen LogP) is 2.87. The first-order valence-corrected chi connectivity index (χ1v) is 6.78. The molecule has 1 aromatic rings. The zero-order chi connectivity index (χ0) is 15.2. The second kappa shape index (κ2) is 6.85. The standard InChI is InChI=1S/C16H18N2O3/c1-17-14-8-3-2-6-13(14)7-4-5-12-9-10-15(18(20)21)16(19)11-12/h2-4,6-7,9-11,14,17,19H,5,8H2,1H3/b7-4-. The molecule has 0 saturated heterocycles. The Morgan fingerprint density at radius 1 is 1.52 bits per heavy atom. The summed E-state index contributed by atoms with van der Waals surface area (Å²) in [6.07, 6.45) is 11.8. The third-order valence-corrected chi connectivity index (χ3v) is 3.45. The van der Waals surface area contributed by atoms with Crippen molar-refractivity contribution in [2.75, 3.05) is 7.05 Å². The van der Waals surface area contributed by atoms with Crippen LogP contribution in [0.3, 0.4) is 0 Å². The Labute approximate surface area is 123 Å². The van der Waals surface area contributed by atoms with E-state index in [4.69, 9.17) is 0 Å². The lowest BCUT2D eigenvalue weighted by molar-refractivity contribution is -0.385. The molecule has 0 fully saturated rings. The van der Waals surface area contributed by atoms with Gasteiger partial charge in [0, 0.05) is 12.1 Å². The van der Waals surface area contributed by atoms with E-state index >= 15 is 0 Å². The number of aromatic hydroxyl groups is 1. The highest BCUT2D eigenvalue weighted by Crippen LogP contribution is 2.26. The molecule has 0 aromatic heterocycles. The van der Waals surface area contributed by atoms with Crippen molar-refractivity contribution in [1.29, 1.82) is 0 Å². The first-order valence-electron chi connectivity index (χ1n) is 6.78. The highest BCUT2D eigenvalue weighted by molar-refractivity contribution is 5.47. The van der Waals surface area contributed by atoms with E-state index in [1.165, 1.54) is 17.7 Å². The molecule has 2 N–H and O–H groups in total. The minimum absolute atomic E-state index is 0.266. The maximum absolute atomic E-state index is 10.6. The van der Waals surface area contributed by atoms with Crippen molar-refractivity contribution >= 4 is 5.69 Å². The molecule has 0 heterocycles. The third-order valence-electron chi connectivity index (χ3n) is 3.45. The number of nitrogens with one attached hydrogen (secondary N) is 1. The summed E-state index contributed by atoms with van der Waals surface area (Å²) in [5, 5.41) is 23.5. The lowest BCUT2D eigenvalue weighted by Gasteiger charge is -2.18. The van der Waals surface area contributed by atoms with E-state index in [0.29, 0.717) is 12.5 Å². The van der Waals surface area contributed by atoms with Gasteiger partial charge in [0.25, 0.3) is 0 Å². The van der Waals surface area contributed by atoms with Crippen LogP contribution in [-0.4, -0.2) is 23.1 Å². The number of phenols is 1. The number of nitro benzene ring substituents is 1. The number of nitrogens with zero attached hydrogens (tertiary/aromatic N) is 1. The molecule has 110 valence electrons. The van der Waals surface area contributed by atoms with Gasteiger partial charge in [-0.2, -0.15) is 0 Å². The van der Waals surface area contributed by atoms with E-state index < -0.39 is 4.92 Å². The number of rotatable bonds is 5. The van der Waals surface area contributed by atoms with Gasteiger partial charge in [-0.3, -0.25) is 10.1 Å². The zero-order valence-electron chi connectivity index (χ0n) is 11.8. The Kier molecular flexibility index (Phi) is 4.90. The summed E-state index contributed by atoms with van der Waals surface area (Å²) in [7, 11) is 1.93. The van der Waals surface area contributed by atoms with E-state index in [2.05, 4.69) is 17.5 Å². The molecule has 0 radical (unpaired) electrons. The van der Waals surface area contributed by atoms with Gasteiger partial charge in [-0.25, -0.2) is 0 Å². The van der Waals surface area contributed by atoms with Gasteiger partial charge in [0.1, 0.15) is 0 Å². The highest BCUT2D eigenvalue weighted by atomic mass is 16.6. The Morgan fingerprint density at radius 2 is 2.33 bits per heavy atom. The monoisotopic (exact) mass is 286 g/mol. The topological polar surface area (TPSA) is 75.4 Å². The second-order valence-corrected chi connectivity index (χ2v) is 4.86. The van der Waals surface area contributed by atoms with Gasteiger partial charge >= 0.3 is 5.69 Å². The van der Waals surface area contributed by atoms with Crippen LogP contribution in [0.4, 0.5) is 5.69 Å². The van der Waals surface area contributed by atoms with Crippen LogP contribution in [0.5, 0.6) is 5.75 Å². The van der Waals surface area contributed by atoms with Crippen molar-refractivity contribution in [2.45, 2.75) is 18.9 Å². The van der Waals surface area contributed by atoms with Crippen molar-refractivity contribution in [3.63, 3.8) is 0 Å². The molecule has 2 rings (SSSR count). The Balaban J connectivity index is 2.04. The maximum atomic E-state index is 10.6. The highest BCUT2D eigenvalue weighted by Gasteiger charge is 2.12. The molecule has 1 atom stereocenters. The third kappa shape index (κ3) is 3.79. The van der Waals surface area contributed by atoms with E-state index in [9.17, 15) is 15.2 Å². The van der Waals surface area contributed by atoms with Gasteiger partial charge < -0.3 is 10.4 Å². The predicted molar refractivity (Wildman–Crippen MR) is 82.3 cm³/mol. The van der Waals surface area contributed by atoms with Gasteiger partial charge in [-0.15, -0.1) is 0 Å². The molecule has 1 aromatic carbocycles. The zero-order valence-corrected chi connectivity index (χ0v) is 11.8. The fraction of sp³-hybridized carbons (Fsp3) is 0.250. The summed E-state index contributed by atoms with van der Waals surface area (Å²) in [6, 6.07) is 4.74. The van der Waals surface area contributed by atoms with E-state index in [1.807, 2.05) is 25.3 Å². The summed E-state index contributed by atoms with van der Waals surface area (Å²) in [4.78, 5) is 10.0. The van der Waals surface area contributed by atoms with Crippen LogP contribution >= 0.6 is 0 Å². The van der Waals surface area contributed by atoms with Gasteiger partial charge in [-0.1, -0.05) is 36.4 Å². The Morgan fingerprint density at radius 3 is 3.00 bits per heavy atom. The number of hydrogen-bond donors (Lipinski definition) is 2. The molecule has 5 heteroatoms. The van der Waals surface area contributed by atoms with Crippen molar-refractivity contribution in [3.05, 3.63) is 69.8 Å². The van der Waals surface area contributed by atoms with Crippen LogP contribution in [0.2, 0.25) is 0 Å². The molecule has 1 unspecified atom stereocenters. The SMILES string of the molecule is CNC1CC=CC=C1/C=C\Cc1ccc([N+](=O)[O-])c(O)c1. The summed E-state index contributed by atoms with van der Waals surface area (Å²) in [5.74, 6) is -0.293. The van der Waals surface area contributed by atoms with Gasteiger partial charge in [0.2, 0.25) is 0 Å². The van der Waals surface area contributed by atoms with Crippen molar-refractivity contribution in [1.82, 2.24) is 5.32 Å². The number of phenolic OH excluding ortho intramolecular Hbond substituents is 1. The van der Waals surface area contributed by atoms with Gasteiger partial charge in [0.15, 0.2) is 5.75 Å². The second-order valence-electron chi connectivity index (χ2n) is 4.86. The van der Waals surface area contributed by atoms with Gasteiger partial charge in [-0.05, 0) is 37.1 Å². The molecule has 0 aliphatic heterocycles. The number of benzene rings is 1. The van der Waals surface area contributed by atoms with Crippen LogP contribution in [0.25, 0.3) is 0 Å². The number of likely N-dealkylation sites (N-methyl/N-ethyl adjacent to an activating group) is 1. The molecule has 0 amide bonds. The molecule has 21 heavy (non-hydrogen) atoms. The maximum Gasteiger partial charge on any atom is 0.310 e. The van der Waals surface area contributed by atoms with Crippen LogP contribution in [0, 0.1) is 10.1 Å². The number of hydrogen-bond acceptors (Lipinski definition) is 4. The lowest BCUT2D eigenvalue weighted by Crippen LogP contribution is -2.27. The molecule has 0 spiro atoms. The largest absolute Gasteiger partial charge is 0.502 e. The van der Waals surface area contributed by atoms with Crippen LogP contribution in [0.1, 0.15) is 12.0 Å². The molecule has 1 aliphatic carbocycles. The number of nitro groups is 1. The van der Waals surface area contributed by atoms with Crippen molar-refractivity contribution < 1.29 is 10.0 Å². The molecular formula is C16H18N2O3. The average Bonchev–Trinajstić information content (AvgIpc) is 2.47. The first kappa shape index (κ1) is 15.0. The smallest absolute Gasteiger partial charge is 0.310 e. The molecule has 1 aliphatic rings. The van der Waals surface area contributed by atoms with Crippen LogP contribution in [0.15, 0.2) is 54.2 Å². The fourth-order valence-electron chi connectivity index (χ4n) is 2.28. The van der Waals surface area contributed by atoms with E-state index in [0.717, 1.165) is 12.0 Å².